The van der Waals surface area contributed by atoms with Crippen molar-refractivity contribution in [1.29, 1.82) is 0 Å². The first-order valence-electron chi connectivity index (χ1n) is 7.98. The van der Waals surface area contributed by atoms with Crippen molar-refractivity contribution in [3.05, 3.63) is 70.4 Å². The second-order valence-corrected chi connectivity index (χ2v) is 7.40. The number of thioether (sulfide) groups is 1. The van der Waals surface area contributed by atoms with Crippen LogP contribution in [-0.4, -0.2) is 38.7 Å². The topological polar surface area (TPSA) is 86.7 Å². The third kappa shape index (κ3) is 4.44. The Balaban J connectivity index is 1.73. The number of carboxylic acids is 1. The van der Waals surface area contributed by atoms with E-state index in [0.717, 1.165) is 16.7 Å². The van der Waals surface area contributed by atoms with Crippen LogP contribution in [0.2, 0.25) is 0 Å². The molecule has 0 radical (unpaired) electrons. The highest BCUT2D eigenvalue weighted by molar-refractivity contribution is 8.26. The van der Waals surface area contributed by atoms with Crippen molar-refractivity contribution in [1.82, 2.24) is 4.90 Å². The number of para-hydroxylation sites is 1. The molecular formula is C19H13FN2O4S2. The normalized spacial score (nSPS) is 15.2. The molecule has 2 amide bonds. The summed E-state index contributed by atoms with van der Waals surface area (Å²) in [5.74, 6) is -2.67. The lowest BCUT2D eigenvalue weighted by molar-refractivity contribution is -0.126. The predicted octanol–water partition coefficient (Wildman–Crippen LogP) is 3.36. The summed E-state index contributed by atoms with van der Waals surface area (Å²) >= 11 is 6.18. The van der Waals surface area contributed by atoms with Crippen molar-refractivity contribution in [3.8, 4) is 0 Å². The van der Waals surface area contributed by atoms with E-state index >= 15 is 0 Å². The average molecular weight is 416 g/mol. The fraction of sp³-hybridized carbons (Fsp3) is 0.0526. The summed E-state index contributed by atoms with van der Waals surface area (Å²) in [6.07, 6.45) is 1.50. The summed E-state index contributed by atoms with van der Waals surface area (Å²) in [6, 6.07) is 11.7. The number of thiocarbonyl (C=S) groups is 1. The van der Waals surface area contributed by atoms with E-state index in [0.29, 0.717) is 5.56 Å². The average Bonchev–Trinajstić information content (AvgIpc) is 2.89. The fourth-order valence-electron chi connectivity index (χ4n) is 2.50. The number of carbonyl (C=O) groups is 3. The molecule has 1 aliphatic rings. The number of halogens is 1. The van der Waals surface area contributed by atoms with Crippen LogP contribution < -0.4 is 5.32 Å². The van der Waals surface area contributed by atoms with Crippen molar-refractivity contribution >= 4 is 57.8 Å². The Bertz CT molecular complexity index is 1020. The highest BCUT2D eigenvalue weighted by Gasteiger charge is 2.33. The Kier molecular flexibility index (Phi) is 5.86. The molecule has 0 bridgehead atoms. The molecule has 3 rings (SSSR count). The van der Waals surface area contributed by atoms with Crippen LogP contribution in [0.1, 0.15) is 15.9 Å². The van der Waals surface area contributed by atoms with Gasteiger partial charge in [-0.2, -0.15) is 0 Å². The van der Waals surface area contributed by atoms with Gasteiger partial charge in [-0.05, 0) is 35.9 Å². The molecule has 9 heteroatoms. The zero-order valence-corrected chi connectivity index (χ0v) is 15.8. The van der Waals surface area contributed by atoms with E-state index in [1.807, 2.05) is 0 Å². The van der Waals surface area contributed by atoms with Crippen LogP contribution in [0.15, 0.2) is 53.4 Å². The fourth-order valence-corrected chi connectivity index (χ4v) is 3.75. The van der Waals surface area contributed by atoms with Crippen molar-refractivity contribution < 1.29 is 23.9 Å². The number of hydrogen-bond acceptors (Lipinski definition) is 5. The van der Waals surface area contributed by atoms with Gasteiger partial charge in [0.2, 0.25) is 5.91 Å². The van der Waals surface area contributed by atoms with Crippen LogP contribution in [-0.2, 0) is 9.59 Å². The summed E-state index contributed by atoms with van der Waals surface area (Å²) in [5, 5.41) is 11.6. The molecule has 1 saturated heterocycles. The lowest BCUT2D eigenvalue weighted by Crippen LogP contribution is -2.36. The second-order valence-electron chi connectivity index (χ2n) is 5.72. The minimum atomic E-state index is -1.18. The maximum absolute atomic E-state index is 13.3. The van der Waals surface area contributed by atoms with Crippen molar-refractivity contribution in [2.45, 2.75) is 0 Å². The highest BCUT2D eigenvalue weighted by Crippen LogP contribution is 2.32. The number of benzene rings is 2. The molecule has 2 aromatic rings. The van der Waals surface area contributed by atoms with Gasteiger partial charge in [0.05, 0.1) is 16.2 Å². The van der Waals surface area contributed by atoms with Crippen LogP contribution in [0.25, 0.3) is 6.08 Å². The molecule has 0 spiro atoms. The number of carbonyl (C=O) groups excluding carboxylic acids is 2. The van der Waals surface area contributed by atoms with E-state index in [4.69, 9.17) is 17.3 Å². The van der Waals surface area contributed by atoms with Gasteiger partial charge in [-0.1, -0.05) is 48.2 Å². The van der Waals surface area contributed by atoms with Crippen LogP contribution in [0.5, 0.6) is 0 Å². The third-order valence-electron chi connectivity index (χ3n) is 3.75. The SMILES string of the molecule is O=C(CN1C(=O)/C(=C/c2cccc(F)c2)SC1=S)Nc1ccccc1C(=O)O. The van der Waals surface area contributed by atoms with Crippen LogP contribution in [0.3, 0.4) is 0 Å². The third-order valence-corrected chi connectivity index (χ3v) is 5.13. The molecular weight excluding hydrogens is 403 g/mol. The molecule has 2 aromatic carbocycles. The van der Waals surface area contributed by atoms with E-state index in [9.17, 15) is 18.8 Å². The Morgan fingerprint density at radius 2 is 1.96 bits per heavy atom. The molecule has 0 saturated carbocycles. The van der Waals surface area contributed by atoms with Gasteiger partial charge in [0, 0.05) is 0 Å². The molecule has 2 N–H and O–H groups in total. The van der Waals surface area contributed by atoms with Crippen LogP contribution in [0, 0.1) is 5.82 Å². The number of nitrogens with one attached hydrogen (secondary N) is 1. The Morgan fingerprint density at radius 1 is 1.21 bits per heavy atom. The highest BCUT2D eigenvalue weighted by atomic mass is 32.2. The minimum absolute atomic E-state index is 0.0627. The molecule has 0 unspecified atom stereocenters. The first kappa shape index (κ1) is 19.7. The van der Waals surface area contributed by atoms with Gasteiger partial charge in [0.1, 0.15) is 16.7 Å². The van der Waals surface area contributed by atoms with Crippen molar-refractivity contribution in [3.63, 3.8) is 0 Å². The predicted molar refractivity (Wildman–Crippen MR) is 108 cm³/mol. The maximum atomic E-state index is 13.3. The number of nitrogens with zero attached hydrogens (tertiary/aromatic N) is 1. The summed E-state index contributed by atoms with van der Waals surface area (Å²) < 4.78 is 13.5. The lowest BCUT2D eigenvalue weighted by atomic mass is 10.2. The molecule has 28 heavy (non-hydrogen) atoms. The molecule has 1 heterocycles. The zero-order chi connectivity index (χ0) is 20.3. The summed E-state index contributed by atoms with van der Waals surface area (Å²) in [5.41, 5.74) is 0.563. The van der Waals surface area contributed by atoms with E-state index < -0.39 is 23.6 Å². The number of hydrogen-bond donors (Lipinski definition) is 2. The number of anilines is 1. The molecule has 0 aliphatic carbocycles. The van der Waals surface area contributed by atoms with Gasteiger partial charge in [0.15, 0.2) is 0 Å². The van der Waals surface area contributed by atoms with E-state index in [2.05, 4.69) is 5.32 Å². The Labute approximate surface area is 169 Å². The lowest BCUT2D eigenvalue weighted by Gasteiger charge is -2.15. The number of rotatable bonds is 5. The number of aromatic carboxylic acids is 1. The van der Waals surface area contributed by atoms with Gasteiger partial charge in [-0.25, -0.2) is 9.18 Å². The summed E-state index contributed by atoms with van der Waals surface area (Å²) in [4.78, 5) is 37.5. The molecule has 142 valence electrons. The van der Waals surface area contributed by atoms with Crippen LogP contribution >= 0.6 is 24.0 Å². The summed E-state index contributed by atoms with van der Waals surface area (Å²) in [6.45, 7) is -0.362. The quantitative estimate of drug-likeness (QED) is 0.574. The molecule has 1 aliphatic heterocycles. The molecule has 0 aromatic heterocycles. The smallest absolute Gasteiger partial charge is 0.337 e. The van der Waals surface area contributed by atoms with E-state index in [-0.39, 0.29) is 27.0 Å². The first-order valence-corrected chi connectivity index (χ1v) is 9.21. The molecule has 1 fully saturated rings. The van der Waals surface area contributed by atoms with Gasteiger partial charge in [-0.15, -0.1) is 0 Å². The standard InChI is InChI=1S/C19H13FN2O4S2/c20-12-5-3-4-11(8-12)9-15-17(24)22(19(27)28-15)10-16(23)21-14-7-2-1-6-13(14)18(25)26/h1-9H,10H2,(H,21,23)(H,25,26)/b15-9-. The van der Waals surface area contributed by atoms with E-state index in [1.165, 1.54) is 36.4 Å². The van der Waals surface area contributed by atoms with E-state index in [1.54, 1.807) is 18.2 Å². The van der Waals surface area contributed by atoms with Gasteiger partial charge < -0.3 is 10.4 Å². The Morgan fingerprint density at radius 3 is 2.68 bits per heavy atom. The first-order chi connectivity index (χ1) is 13.3. The van der Waals surface area contributed by atoms with Gasteiger partial charge >= 0.3 is 5.97 Å². The van der Waals surface area contributed by atoms with Crippen molar-refractivity contribution in [2.24, 2.45) is 0 Å². The zero-order valence-electron chi connectivity index (χ0n) is 14.2. The molecule has 6 nitrogen and oxygen atoms in total. The number of carboxylic acid groups (broad SMARTS) is 1. The monoisotopic (exact) mass is 416 g/mol. The second kappa shape index (κ2) is 8.32. The van der Waals surface area contributed by atoms with Crippen LogP contribution in [0.4, 0.5) is 10.1 Å². The largest absolute Gasteiger partial charge is 0.478 e. The maximum Gasteiger partial charge on any atom is 0.337 e. The summed E-state index contributed by atoms with van der Waals surface area (Å²) in [7, 11) is 0. The Hall–Kier alpha value is -3.04. The molecule has 0 atom stereocenters. The van der Waals surface area contributed by atoms with Gasteiger partial charge in [-0.3, -0.25) is 14.5 Å². The number of amides is 2. The van der Waals surface area contributed by atoms with Crippen molar-refractivity contribution in [2.75, 3.05) is 11.9 Å². The minimum Gasteiger partial charge on any atom is -0.478 e. The van der Waals surface area contributed by atoms with Gasteiger partial charge in [0.25, 0.3) is 5.91 Å².